The first-order valence-electron chi connectivity index (χ1n) is 4.54. The molecule has 1 aromatic carbocycles. The Bertz CT molecular complexity index is 420. The summed E-state index contributed by atoms with van der Waals surface area (Å²) in [6, 6.07) is 10.4. The molecule has 0 aliphatic heterocycles. The number of nitrogens with one attached hydrogen (secondary N) is 1. The highest BCUT2D eigenvalue weighted by atomic mass is 79.9. The maximum atomic E-state index is 3.48. The maximum absolute atomic E-state index is 3.48. The predicted octanol–water partition coefficient (Wildman–Crippen LogP) is 2.42. The molecule has 3 heteroatoms. The Hall–Kier alpha value is -1.09. The maximum Gasteiger partial charge on any atom is 0.219 e. The van der Waals surface area contributed by atoms with Crippen LogP contribution in [0.25, 0.3) is 0 Å². The molecule has 0 aliphatic carbocycles. The third-order valence-electron chi connectivity index (χ3n) is 2.28. The quantitative estimate of drug-likeness (QED) is 0.792. The van der Waals surface area contributed by atoms with Crippen LogP contribution in [0.2, 0.25) is 0 Å². The molecule has 2 aromatic rings. The molecule has 1 N–H and O–H groups in total. The van der Waals surface area contributed by atoms with E-state index in [9.17, 15) is 0 Å². The van der Waals surface area contributed by atoms with E-state index in [0.29, 0.717) is 0 Å². The Morgan fingerprint density at radius 2 is 2.00 bits per heavy atom. The van der Waals surface area contributed by atoms with Gasteiger partial charge in [0.2, 0.25) is 5.69 Å². The second kappa shape index (κ2) is 3.96. The molecule has 0 saturated heterocycles. The Labute approximate surface area is 91.7 Å². The van der Waals surface area contributed by atoms with Crippen LogP contribution in [-0.2, 0) is 6.54 Å². The second-order valence-electron chi connectivity index (χ2n) is 3.28. The highest BCUT2D eigenvalue weighted by Gasteiger charge is 2.12. The first kappa shape index (κ1) is 9.46. The number of aromatic nitrogens is 2. The normalized spacial score (nSPS) is 10.4. The SMILES string of the molecule is Cc1c(Br)c[nH][n+]1Cc1ccccc1. The summed E-state index contributed by atoms with van der Waals surface area (Å²) in [5, 5.41) is 3.19. The summed E-state index contributed by atoms with van der Waals surface area (Å²) in [5.74, 6) is 0. The molecule has 0 saturated carbocycles. The van der Waals surface area contributed by atoms with E-state index in [1.807, 2.05) is 12.3 Å². The van der Waals surface area contributed by atoms with E-state index in [1.165, 1.54) is 11.3 Å². The van der Waals surface area contributed by atoms with Gasteiger partial charge in [-0.25, -0.2) is 0 Å². The van der Waals surface area contributed by atoms with Crippen molar-refractivity contribution in [1.29, 1.82) is 0 Å². The largest absolute Gasteiger partial charge is 0.219 e. The van der Waals surface area contributed by atoms with E-state index in [1.54, 1.807) is 0 Å². The monoisotopic (exact) mass is 251 g/mol. The van der Waals surface area contributed by atoms with Crippen molar-refractivity contribution in [2.45, 2.75) is 13.5 Å². The first-order valence-corrected chi connectivity index (χ1v) is 5.34. The van der Waals surface area contributed by atoms with Crippen LogP contribution in [0.3, 0.4) is 0 Å². The minimum atomic E-state index is 0.887. The summed E-state index contributed by atoms with van der Waals surface area (Å²) in [4.78, 5) is 0. The zero-order chi connectivity index (χ0) is 9.97. The third kappa shape index (κ3) is 1.87. The lowest BCUT2D eigenvalue weighted by molar-refractivity contribution is -0.747. The van der Waals surface area contributed by atoms with Gasteiger partial charge < -0.3 is 0 Å². The fourth-order valence-corrected chi connectivity index (χ4v) is 1.71. The summed E-state index contributed by atoms with van der Waals surface area (Å²) in [7, 11) is 0. The number of H-pyrrole nitrogens is 1. The molecule has 2 rings (SSSR count). The lowest BCUT2D eigenvalue weighted by atomic mass is 10.2. The zero-order valence-electron chi connectivity index (χ0n) is 8.00. The van der Waals surface area contributed by atoms with Crippen molar-refractivity contribution in [3.63, 3.8) is 0 Å². The number of aromatic amines is 1. The average molecular weight is 252 g/mol. The van der Waals surface area contributed by atoms with Crippen LogP contribution in [0.15, 0.2) is 41.0 Å². The van der Waals surface area contributed by atoms with Crippen LogP contribution in [0.5, 0.6) is 0 Å². The van der Waals surface area contributed by atoms with Crippen LogP contribution in [0.4, 0.5) is 0 Å². The highest BCUT2D eigenvalue weighted by molar-refractivity contribution is 9.10. The summed E-state index contributed by atoms with van der Waals surface area (Å²) in [6.07, 6.45) is 1.96. The van der Waals surface area contributed by atoms with Crippen molar-refractivity contribution in [3.05, 3.63) is 52.3 Å². The molecule has 0 radical (unpaired) electrons. The van der Waals surface area contributed by atoms with Crippen molar-refractivity contribution < 1.29 is 4.68 Å². The number of benzene rings is 1. The fourth-order valence-electron chi connectivity index (χ4n) is 1.40. The smallest absolute Gasteiger partial charge is 0.171 e. The Morgan fingerprint density at radius 3 is 2.57 bits per heavy atom. The molecule has 72 valence electrons. The summed E-state index contributed by atoms with van der Waals surface area (Å²) >= 11 is 3.48. The van der Waals surface area contributed by atoms with E-state index < -0.39 is 0 Å². The van der Waals surface area contributed by atoms with Crippen molar-refractivity contribution >= 4 is 15.9 Å². The fraction of sp³-hybridized carbons (Fsp3) is 0.182. The van der Waals surface area contributed by atoms with Crippen molar-refractivity contribution in [1.82, 2.24) is 5.10 Å². The Balaban J connectivity index is 2.23. The molecular formula is C11H12BrN2+. The summed E-state index contributed by atoms with van der Waals surface area (Å²) < 4.78 is 3.23. The van der Waals surface area contributed by atoms with Crippen molar-refractivity contribution in [2.24, 2.45) is 0 Å². The number of hydrogen-bond donors (Lipinski definition) is 1. The van der Waals surface area contributed by atoms with Gasteiger partial charge in [0.05, 0.1) is 6.20 Å². The van der Waals surface area contributed by atoms with E-state index in [-0.39, 0.29) is 0 Å². The average Bonchev–Trinajstić information content (AvgIpc) is 2.52. The van der Waals surface area contributed by atoms with Gasteiger partial charge in [0, 0.05) is 12.5 Å². The molecular weight excluding hydrogens is 240 g/mol. The molecule has 14 heavy (non-hydrogen) atoms. The van der Waals surface area contributed by atoms with Gasteiger partial charge in [-0.05, 0) is 15.9 Å². The summed E-state index contributed by atoms with van der Waals surface area (Å²) in [5.41, 5.74) is 2.52. The van der Waals surface area contributed by atoms with Crippen LogP contribution in [0.1, 0.15) is 11.3 Å². The molecule has 1 aromatic heterocycles. The molecule has 0 bridgehead atoms. The summed E-state index contributed by atoms with van der Waals surface area (Å²) in [6.45, 7) is 2.97. The number of hydrogen-bond acceptors (Lipinski definition) is 0. The number of halogens is 1. The molecule has 0 aliphatic rings. The molecule has 1 heterocycles. The molecule has 2 nitrogen and oxygen atoms in total. The zero-order valence-corrected chi connectivity index (χ0v) is 9.58. The lowest BCUT2D eigenvalue weighted by Crippen LogP contribution is -2.38. The highest BCUT2D eigenvalue weighted by Crippen LogP contribution is 2.10. The molecule has 0 unspecified atom stereocenters. The van der Waals surface area contributed by atoms with Crippen molar-refractivity contribution in [2.75, 3.05) is 0 Å². The van der Waals surface area contributed by atoms with Crippen LogP contribution in [-0.4, -0.2) is 5.10 Å². The molecule has 0 fully saturated rings. The van der Waals surface area contributed by atoms with Crippen molar-refractivity contribution in [3.8, 4) is 0 Å². The van der Waals surface area contributed by atoms with Crippen LogP contribution in [0, 0.1) is 6.92 Å². The predicted molar refractivity (Wildman–Crippen MR) is 59.0 cm³/mol. The van der Waals surface area contributed by atoms with Gasteiger partial charge in [-0.15, -0.1) is 4.68 Å². The van der Waals surface area contributed by atoms with E-state index in [0.717, 1.165) is 11.0 Å². The van der Waals surface area contributed by atoms with Gasteiger partial charge in [0.1, 0.15) is 4.47 Å². The van der Waals surface area contributed by atoms with Crippen LogP contribution < -0.4 is 4.68 Å². The minimum Gasteiger partial charge on any atom is -0.171 e. The van der Waals surface area contributed by atoms with Gasteiger partial charge in [-0.2, -0.15) is 5.10 Å². The van der Waals surface area contributed by atoms with Gasteiger partial charge in [-0.3, -0.25) is 0 Å². The second-order valence-corrected chi connectivity index (χ2v) is 4.13. The molecule has 0 atom stereocenters. The topological polar surface area (TPSA) is 19.7 Å². The van der Waals surface area contributed by atoms with E-state index in [2.05, 4.69) is 56.9 Å². The lowest BCUT2D eigenvalue weighted by Gasteiger charge is -1.94. The standard InChI is InChI=1S/C11H11BrN2/c1-9-11(12)7-13-14(9)8-10-5-3-2-4-6-10/h2-7H,8H2,1H3/p+1. The minimum absolute atomic E-state index is 0.887. The molecule has 0 spiro atoms. The van der Waals surface area contributed by atoms with Gasteiger partial charge in [0.25, 0.3) is 0 Å². The number of nitrogens with zero attached hydrogens (tertiary/aromatic N) is 1. The Morgan fingerprint density at radius 1 is 1.29 bits per heavy atom. The van der Waals surface area contributed by atoms with Gasteiger partial charge in [-0.1, -0.05) is 30.3 Å². The van der Waals surface area contributed by atoms with Crippen LogP contribution >= 0.6 is 15.9 Å². The first-order chi connectivity index (χ1) is 6.77. The Kier molecular flexibility index (Phi) is 2.68. The van der Waals surface area contributed by atoms with Gasteiger partial charge in [0.15, 0.2) is 6.54 Å². The third-order valence-corrected chi connectivity index (χ3v) is 3.08. The van der Waals surface area contributed by atoms with E-state index >= 15 is 0 Å². The molecule has 0 amide bonds. The number of rotatable bonds is 2. The van der Waals surface area contributed by atoms with E-state index in [4.69, 9.17) is 0 Å². The van der Waals surface area contributed by atoms with Gasteiger partial charge >= 0.3 is 0 Å².